The molecule has 1 aromatic rings. The van der Waals surface area contributed by atoms with E-state index in [0.717, 1.165) is 0 Å². The molecule has 33 heavy (non-hydrogen) atoms. The third-order valence-electron chi connectivity index (χ3n) is 7.66. The van der Waals surface area contributed by atoms with E-state index in [2.05, 4.69) is 72.7 Å². The number of rotatable bonds is 7. The number of nitrogens with two attached hydrogens (primary N) is 1. The molecule has 190 valence electrons. The quantitative estimate of drug-likeness (QED) is 0.553. The van der Waals surface area contributed by atoms with E-state index in [-0.39, 0.29) is 28.1 Å². The Morgan fingerprint density at radius 2 is 1.61 bits per heavy atom. The molecule has 2 N–H and O–H groups in total. The van der Waals surface area contributed by atoms with Crippen molar-refractivity contribution >= 4 is 22.5 Å². The molecule has 2 heterocycles. The van der Waals surface area contributed by atoms with Crippen LogP contribution in [0.1, 0.15) is 53.3 Å². The molecule has 8 nitrogen and oxygen atoms in total. The Kier molecular flexibility index (Phi) is 8.15. The Hall–Kier alpha value is -1.05. The monoisotopic (exact) mass is 499 g/mol. The van der Waals surface area contributed by atoms with E-state index >= 15 is 0 Å². The molecule has 0 aliphatic carbocycles. The minimum absolute atomic E-state index is 0.00436. The number of nitrogens with zero attached hydrogens (tertiary/aromatic N) is 2. The molecule has 1 fully saturated rings. The molecule has 0 aromatic carbocycles. The van der Waals surface area contributed by atoms with Gasteiger partial charge in [0.05, 0.1) is 6.61 Å². The minimum atomic E-state index is -2.17. The topological polar surface area (TPSA) is 97.8 Å². The molecule has 1 aromatic heterocycles. The van der Waals surface area contributed by atoms with Crippen LogP contribution in [0.25, 0.3) is 0 Å². The Bertz CT molecular complexity index is 890. The summed E-state index contributed by atoms with van der Waals surface area (Å²) in [7, 11) is -2.57. The maximum Gasteiger partial charge on any atom is 0.351 e. The van der Waals surface area contributed by atoms with Crippen LogP contribution in [0.2, 0.25) is 36.3 Å². The summed E-state index contributed by atoms with van der Waals surface area (Å²) in [5.74, 6) is 0.218. The van der Waals surface area contributed by atoms with Crippen LogP contribution in [0.3, 0.4) is 0 Å². The zero-order valence-corrected chi connectivity index (χ0v) is 24.6. The summed E-state index contributed by atoms with van der Waals surface area (Å²) in [5.41, 5.74) is 6.08. The van der Waals surface area contributed by atoms with E-state index in [1.54, 1.807) is 13.3 Å². The van der Waals surface area contributed by atoms with Gasteiger partial charge in [-0.25, -0.2) is 4.79 Å². The molecule has 0 spiro atoms. The van der Waals surface area contributed by atoms with E-state index in [4.69, 9.17) is 24.1 Å². The average Bonchev–Trinajstić information content (AvgIpc) is 2.97. The highest BCUT2D eigenvalue weighted by molar-refractivity contribution is 6.74. The lowest BCUT2D eigenvalue weighted by Crippen LogP contribution is -2.51. The van der Waals surface area contributed by atoms with Crippen molar-refractivity contribution in [1.82, 2.24) is 9.55 Å². The number of aromatic nitrogens is 2. The zero-order valence-electron chi connectivity index (χ0n) is 22.6. The summed E-state index contributed by atoms with van der Waals surface area (Å²) in [6, 6.07) is 0. The molecule has 0 amide bonds. The number of hydrogen-bond acceptors (Lipinski definition) is 7. The van der Waals surface area contributed by atoms with Gasteiger partial charge in [0, 0.05) is 18.9 Å². The number of hydrogen-bond donors (Lipinski definition) is 1. The van der Waals surface area contributed by atoms with Gasteiger partial charge in [0.15, 0.2) is 22.9 Å². The normalized spacial score (nSPS) is 25.0. The average molecular weight is 500 g/mol. The maximum atomic E-state index is 12.7. The van der Waals surface area contributed by atoms with Crippen LogP contribution >= 0.6 is 0 Å². The number of aryl methyl sites for hydroxylation is 1. The van der Waals surface area contributed by atoms with E-state index in [9.17, 15) is 4.79 Å². The van der Waals surface area contributed by atoms with Gasteiger partial charge >= 0.3 is 5.69 Å². The molecular weight excluding hydrogens is 454 g/mol. The van der Waals surface area contributed by atoms with Gasteiger partial charge in [0.2, 0.25) is 0 Å². The van der Waals surface area contributed by atoms with Crippen molar-refractivity contribution < 1.29 is 18.3 Å². The van der Waals surface area contributed by atoms with Crippen LogP contribution in [0.4, 0.5) is 5.82 Å². The van der Waals surface area contributed by atoms with Crippen LogP contribution in [0.5, 0.6) is 0 Å². The molecule has 1 aliphatic heterocycles. The van der Waals surface area contributed by atoms with Crippen molar-refractivity contribution in [2.45, 2.75) is 109 Å². The number of nitrogen functional groups attached to an aromatic ring is 1. The summed E-state index contributed by atoms with van der Waals surface area (Å²) < 4.78 is 27.2. The fourth-order valence-electron chi connectivity index (χ4n) is 3.24. The van der Waals surface area contributed by atoms with Crippen molar-refractivity contribution in [3.8, 4) is 0 Å². The molecule has 1 aliphatic rings. The molecule has 2 rings (SSSR count). The lowest BCUT2D eigenvalue weighted by Gasteiger charge is -2.41. The largest absolute Gasteiger partial charge is 0.414 e. The van der Waals surface area contributed by atoms with Crippen LogP contribution in [-0.2, 0) is 18.3 Å². The second kappa shape index (κ2) is 9.54. The summed E-state index contributed by atoms with van der Waals surface area (Å²) in [4.78, 5) is 16.7. The smallest absolute Gasteiger partial charge is 0.351 e. The predicted molar refractivity (Wildman–Crippen MR) is 138 cm³/mol. The van der Waals surface area contributed by atoms with E-state index in [0.29, 0.717) is 12.2 Å². The molecule has 0 saturated carbocycles. The molecule has 0 bridgehead atoms. The Morgan fingerprint density at radius 3 is 2.09 bits per heavy atom. The zero-order chi connectivity index (χ0) is 25.6. The molecular formula is C23H45N3O5Si2. The van der Waals surface area contributed by atoms with Crippen molar-refractivity contribution in [3.63, 3.8) is 0 Å². The van der Waals surface area contributed by atoms with Gasteiger partial charge in [-0.2, -0.15) is 4.98 Å². The van der Waals surface area contributed by atoms with Gasteiger partial charge in [0.1, 0.15) is 24.1 Å². The molecule has 4 atom stereocenters. The van der Waals surface area contributed by atoms with Gasteiger partial charge in [0.25, 0.3) is 0 Å². The second-order valence-electron chi connectivity index (χ2n) is 12.2. The standard InChI is InChI=1S/C23H45N3O5Si2/c1-15-13-26(21(27)25-19(15)24)20-18(28-8)17(31-33(11,12)23(5,6)7)16(30-20)14-29-32(9,10)22(2,3)4/h13,16-18,20H,14H2,1-12H3,(H2,24,25,27)/t16-,17-,18-,20-/m1/s1. The Morgan fingerprint density at radius 1 is 1.06 bits per heavy atom. The third-order valence-corrected chi connectivity index (χ3v) is 16.6. The molecule has 10 heteroatoms. The first-order valence-electron chi connectivity index (χ1n) is 11.7. The van der Waals surface area contributed by atoms with Gasteiger partial charge in [-0.15, -0.1) is 0 Å². The summed E-state index contributed by atoms with van der Waals surface area (Å²) in [6.07, 6.45) is -0.253. The van der Waals surface area contributed by atoms with E-state index in [1.165, 1.54) is 4.57 Å². The first kappa shape index (κ1) is 28.2. The van der Waals surface area contributed by atoms with E-state index in [1.807, 2.05) is 6.92 Å². The summed E-state index contributed by atoms with van der Waals surface area (Å²) in [6.45, 7) is 24.3. The number of ether oxygens (including phenoxy) is 2. The first-order valence-corrected chi connectivity index (χ1v) is 17.5. The SMILES string of the molecule is CO[C@@H]1[C@H](O[Si](C)(C)C(C)(C)C)[C@@H](CO[Si](C)(C)C(C)(C)C)O[C@H]1n1cc(C)c(N)nc1=O. The van der Waals surface area contributed by atoms with E-state index < -0.39 is 34.7 Å². The molecule has 0 radical (unpaired) electrons. The fourth-order valence-corrected chi connectivity index (χ4v) is 5.58. The van der Waals surface area contributed by atoms with Crippen molar-refractivity contribution in [1.29, 1.82) is 0 Å². The highest BCUT2D eigenvalue weighted by atomic mass is 28.4. The predicted octanol–water partition coefficient (Wildman–Crippen LogP) is 4.46. The minimum Gasteiger partial charge on any atom is -0.414 e. The fraction of sp³-hybridized carbons (Fsp3) is 0.826. The van der Waals surface area contributed by atoms with Crippen LogP contribution in [0, 0.1) is 6.92 Å². The van der Waals surface area contributed by atoms with Crippen molar-refractivity contribution in [2.24, 2.45) is 0 Å². The first-order chi connectivity index (χ1) is 14.8. The highest BCUT2D eigenvalue weighted by Gasteiger charge is 2.52. The number of anilines is 1. The van der Waals surface area contributed by atoms with Crippen LogP contribution in [0.15, 0.2) is 11.0 Å². The molecule has 0 unspecified atom stereocenters. The van der Waals surface area contributed by atoms with Gasteiger partial charge in [-0.1, -0.05) is 41.5 Å². The molecule has 1 saturated heterocycles. The van der Waals surface area contributed by atoms with Crippen LogP contribution in [-0.4, -0.2) is 58.2 Å². The van der Waals surface area contributed by atoms with Crippen molar-refractivity contribution in [3.05, 3.63) is 22.2 Å². The lowest BCUT2D eigenvalue weighted by molar-refractivity contribution is -0.0612. The maximum absolute atomic E-state index is 12.7. The van der Waals surface area contributed by atoms with Crippen molar-refractivity contribution in [2.75, 3.05) is 19.5 Å². The lowest BCUT2D eigenvalue weighted by atomic mass is 10.1. The summed E-state index contributed by atoms with van der Waals surface area (Å²) >= 11 is 0. The number of methoxy groups -OCH3 is 1. The Labute approximate surface area is 201 Å². The Balaban J connectivity index is 2.46. The van der Waals surface area contributed by atoms with Gasteiger partial charge in [-0.05, 0) is 43.2 Å². The highest BCUT2D eigenvalue weighted by Crippen LogP contribution is 2.43. The summed E-state index contributed by atoms with van der Waals surface area (Å²) in [5, 5.41) is 0.0702. The third kappa shape index (κ3) is 5.97. The van der Waals surface area contributed by atoms with Gasteiger partial charge < -0.3 is 24.1 Å². The van der Waals surface area contributed by atoms with Gasteiger partial charge in [-0.3, -0.25) is 4.57 Å². The second-order valence-corrected chi connectivity index (χ2v) is 21.7. The van der Waals surface area contributed by atoms with Crippen LogP contribution < -0.4 is 11.4 Å².